The largest absolute Gasteiger partial charge is 0.399 e. The molecular formula is C22H16F6. The van der Waals surface area contributed by atoms with Gasteiger partial charge in [0.2, 0.25) is 0 Å². The molecule has 0 fully saturated rings. The van der Waals surface area contributed by atoms with Crippen LogP contribution in [-0.2, 0) is 0 Å². The molecule has 0 aliphatic heterocycles. The van der Waals surface area contributed by atoms with Gasteiger partial charge in [-0.3, -0.25) is 0 Å². The van der Waals surface area contributed by atoms with E-state index in [1.165, 1.54) is 60.7 Å². The summed E-state index contributed by atoms with van der Waals surface area (Å²) in [4.78, 5) is 0. The van der Waals surface area contributed by atoms with E-state index in [9.17, 15) is 26.3 Å². The summed E-state index contributed by atoms with van der Waals surface area (Å²) in [6, 6.07) is 18.9. The number of hydrogen-bond acceptors (Lipinski definition) is 0. The molecule has 0 bridgehead atoms. The fourth-order valence-corrected chi connectivity index (χ4v) is 3.42. The summed E-state index contributed by atoms with van der Waals surface area (Å²) in [5.41, 5.74) is -0.993. The topological polar surface area (TPSA) is 0 Å². The smallest absolute Gasteiger partial charge is 0.170 e. The van der Waals surface area contributed by atoms with Crippen LogP contribution in [0.1, 0.15) is 34.1 Å². The highest BCUT2D eigenvalue weighted by molar-refractivity contribution is 5.45. The van der Waals surface area contributed by atoms with Crippen molar-refractivity contribution < 1.29 is 26.3 Å². The molecule has 0 saturated carbocycles. The Hall–Kier alpha value is -2.76. The lowest BCUT2D eigenvalue weighted by Gasteiger charge is -2.28. The van der Waals surface area contributed by atoms with Crippen LogP contribution in [0.2, 0.25) is 0 Å². The van der Waals surface area contributed by atoms with Gasteiger partial charge in [-0.1, -0.05) is 84.9 Å². The first-order valence-corrected chi connectivity index (χ1v) is 8.51. The Bertz CT molecular complexity index is 821. The molecule has 0 heterocycles. The Balaban J connectivity index is 2.24. The van der Waals surface area contributed by atoms with E-state index in [0.717, 1.165) is 12.1 Å². The molecule has 0 saturated heterocycles. The Morgan fingerprint density at radius 1 is 0.429 bits per heavy atom. The number of halogens is 6. The normalized spacial score (nSPS) is 14.5. The maximum Gasteiger partial charge on any atom is 0.399 e. The van der Waals surface area contributed by atoms with Gasteiger partial charge in [0.1, 0.15) is 11.8 Å². The lowest BCUT2D eigenvalue weighted by Crippen LogP contribution is -2.28. The summed E-state index contributed by atoms with van der Waals surface area (Å²) in [5, 5.41) is 0. The van der Waals surface area contributed by atoms with Gasteiger partial charge in [0.25, 0.3) is 0 Å². The van der Waals surface area contributed by atoms with E-state index in [4.69, 9.17) is 0 Å². The summed E-state index contributed by atoms with van der Waals surface area (Å²) >= 11 is 0. The molecule has 2 atom stereocenters. The summed E-state index contributed by atoms with van der Waals surface area (Å²) in [6.07, 6.45) is -9.49. The standard InChI is InChI=1S/C22H16F6/c23-21(24,25)19(15-9-3-1-4-10-15)17-13-7-8-14-18(17)20(22(26,27)28)16-11-5-2-6-12-16/h1-14,19-20H. The SMILES string of the molecule is FC(F)(F)C(c1ccccc1)c1ccccc1C(c1ccccc1)C(F)(F)F. The molecule has 0 aliphatic rings. The predicted molar refractivity (Wildman–Crippen MR) is 95.1 cm³/mol. The molecular weight excluding hydrogens is 378 g/mol. The van der Waals surface area contributed by atoms with Gasteiger partial charge in [0.15, 0.2) is 0 Å². The molecule has 3 aromatic carbocycles. The molecule has 146 valence electrons. The maximum absolute atomic E-state index is 14.0. The molecule has 3 rings (SSSR count). The molecule has 6 heteroatoms. The van der Waals surface area contributed by atoms with Crippen molar-refractivity contribution >= 4 is 0 Å². The van der Waals surface area contributed by atoms with Crippen LogP contribution >= 0.6 is 0 Å². The highest BCUT2D eigenvalue weighted by Crippen LogP contribution is 2.47. The van der Waals surface area contributed by atoms with Gasteiger partial charge >= 0.3 is 12.4 Å². The van der Waals surface area contributed by atoms with Crippen LogP contribution in [0.15, 0.2) is 84.9 Å². The van der Waals surface area contributed by atoms with Crippen LogP contribution in [0.5, 0.6) is 0 Å². The van der Waals surface area contributed by atoms with Crippen LogP contribution in [0.4, 0.5) is 26.3 Å². The van der Waals surface area contributed by atoms with Gasteiger partial charge in [0, 0.05) is 0 Å². The summed E-state index contributed by atoms with van der Waals surface area (Å²) < 4.78 is 83.7. The van der Waals surface area contributed by atoms with Gasteiger partial charge in [-0.25, -0.2) is 0 Å². The quantitative estimate of drug-likeness (QED) is 0.415. The van der Waals surface area contributed by atoms with Crippen molar-refractivity contribution in [2.75, 3.05) is 0 Å². The highest BCUT2D eigenvalue weighted by Gasteiger charge is 2.47. The third-order valence-corrected chi connectivity index (χ3v) is 4.54. The molecule has 0 N–H and O–H groups in total. The zero-order valence-corrected chi connectivity index (χ0v) is 14.5. The Labute approximate surface area is 158 Å². The van der Waals surface area contributed by atoms with E-state index in [1.807, 2.05) is 0 Å². The molecule has 0 spiro atoms. The van der Waals surface area contributed by atoms with Gasteiger partial charge in [-0.05, 0) is 22.3 Å². The van der Waals surface area contributed by atoms with E-state index in [-0.39, 0.29) is 11.1 Å². The molecule has 0 aliphatic carbocycles. The summed E-state index contributed by atoms with van der Waals surface area (Å²) in [6.45, 7) is 0. The predicted octanol–water partition coefficient (Wildman–Crippen LogP) is 7.08. The van der Waals surface area contributed by atoms with E-state index < -0.39 is 35.3 Å². The van der Waals surface area contributed by atoms with Crippen molar-refractivity contribution in [1.82, 2.24) is 0 Å². The molecule has 0 nitrogen and oxygen atoms in total. The minimum atomic E-state index is -4.75. The minimum Gasteiger partial charge on any atom is -0.170 e. The molecule has 0 amide bonds. The second-order valence-corrected chi connectivity index (χ2v) is 6.40. The summed E-state index contributed by atoms with van der Waals surface area (Å²) in [5.74, 6) is -4.31. The first kappa shape index (κ1) is 20.0. The maximum atomic E-state index is 14.0. The number of benzene rings is 3. The zero-order valence-electron chi connectivity index (χ0n) is 14.5. The van der Waals surface area contributed by atoms with Crippen LogP contribution in [-0.4, -0.2) is 12.4 Å². The Morgan fingerprint density at radius 2 is 0.714 bits per heavy atom. The minimum absolute atomic E-state index is 0.101. The molecule has 0 aromatic heterocycles. The average molecular weight is 394 g/mol. The molecule has 0 radical (unpaired) electrons. The van der Waals surface area contributed by atoms with Crippen LogP contribution < -0.4 is 0 Å². The third-order valence-electron chi connectivity index (χ3n) is 4.54. The lowest BCUT2D eigenvalue weighted by molar-refractivity contribution is -0.147. The van der Waals surface area contributed by atoms with Crippen molar-refractivity contribution in [3.05, 3.63) is 107 Å². The van der Waals surface area contributed by atoms with E-state index in [2.05, 4.69) is 0 Å². The Morgan fingerprint density at radius 3 is 1.00 bits per heavy atom. The monoisotopic (exact) mass is 394 g/mol. The van der Waals surface area contributed by atoms with E-state index >= 15 is 0 Å². The molecule has 2 unspecified atom stereocenters. The second-order valence-electron chi connectivity index (χ2n) is 6.40. The first-order chi connectivity index (χ1) is 13.2. The molecule has 28 heavy (non-hydrogen) atoms. The number of alkyl halides is 6. The van der Waals surface area contributed by atoms with Crippen LogP contribution in [0, 0.1) is 0 Å². The lowest BCUT2D eigenvalue weighted by atomic mass is 9.80. The first-order valence-electron chi connectivity index (χ1n) is 8.51. The van der Waals surface area contributed by atoms with E-state index in [0.29, 0.717) is 0 Å². The fourth-order valence-electron chi connectivity index (χ4n) is 3.42. The van der Waals surface area contributed by atoms with Gasteiger partial charge in [0.05, 0.1) is 0 Å². The van der Waals surface area contributed by atoms with Gasteiger partial charge < -0.3 is 0 Å². The van der Waals surface area contributed by atoms with Crippen molar-refractivity contribution in [2.24, 2.45) is 0 Å². The van der Waals surface area contributed by atoms with E-state index in [1.54, 1.807) is 12.1 Å². The average Bonchev–Trinajstić information content (AvgIpc) is 2.63. The van der Waals surface area contributed by atoms with Crippen molar-refractivity contribution in [3.63, 3.8) is 0 Å². The van der Waals surface area contributed by atoms with Crippen molar-refractivity contribution in [3.8, 4) is 0 Å². The highest BCUT2D eigenvalue weighted by atomic mass is 19.4. The second kappa shape index (κ2) is 7.70. The molecule has 3 aromatic rings. The third kappa shape index (κ3) is 4.21. The number of rotatable bonds is 4. The van der Waals surface area contributed by atoms with Gasteiger partial charge in [-0.2, -0.15) is 26.3 Å². The van der Waals surface area contributed by atoms with Gasteiger partial charge in [-0.15, -0.1) is 0 Å². The summed E-state index contributed by atoms with van der Waals surface area (Å²) in [7, 11) is 0. The van der Waals surface area contributed by atoms with Crippen molar-refractivity contribution in [2.45, 2.75) is 24.2 Å². The fraction of sp³-hybridized carbons (Fsp3) is 0.182. The zero-order chi connectivity index (χ0) is 20.4. The van der Waals surface area contributed by atoms with Crippen molar-refractivity contribution in [1.29, 1.82) is 0 Å². The number of hydrogen-bond donors (Lipinski definition) is 0. The van der Waals surface area contributed by atoms with Crippen LogP contribution in [0.25, 0.3) is 0 Å². The Kier molecular flexibility index (Phi) is 5.49. The van der Waals surface area contributed by atoms with Crippen LogP contribution in [0.3, 0.4) is 0 Å².